The lowest BCUT2D eigenvalue weighted by Crippen LogP contribution is -2.38. The van der Waals surface area contributed by atoms with Crippen molar-refractivity contribution in [3.63, 3.8) is 0 Å². The van der Waals surface area contributed by atoms with Crippen LogP contribution in [0.4, 0.5) is 4.39 Å². The average Bonchev–Trinajstić information content (AvgIpc) is 3.33. The first kappa shape index (κ1) is 17.0. The number of likely N-dealkylation sites (tertiary alicyclic amines) is 1. The van der Waals surface area contributed by atoms with E-state index >= 15 is 0 Å². The van der Waals surface area contributed by atoms with E-state index in [-0.39, 0.29) is 17.6 Å². The number of thiophene rings is 1. The highest BCUT2D eigenvalue weighted by molar-refractivity contribution is 7.12. The molecule has 0 aliphatic carbocycles. The molecule has 0 N–H and O–H groups in total. The van der Waals surface area contributed by atoms with Gasteiger partial charge in [-0.2, -0.15) is 0 Å². The molecular formula is C20H19FN2O2S. The number of hydrogen-bond donors (Lipinski definition) is 0. The van der Waals surface area contributed by atoms with Crippen molar-refractivity contribution >= 4 is 17.2 Å². The minimum absolute atomic E-state index is 0.0799. The maximum Gasteiger partial charge on any atom is 0.263 e. The van der Waals surface area contributed by atoms with Crippen molar-refractivity contribution in [2.24, 2.45) is 0 Å². The second-order valence-corrected chi connectivity index (χ2v) is 7.49. The Morgan fingerprint density at radius 3 is 3.08 bits per heavy atom. The van der Waals surface area contributed by atoms with Crippen LogP contribution in [0.5, 0.6) is 0 Å². The summed E-state index contributed by atoms with van der Waals surface area (Å²) in [6.45, 7) is 1.39. The lowest BCUT2D eigenvalue weighted by molar-refractivity contribution is 0.0703. The average molecular weight is 370 g/mol. The molecule has 1 fully saturated rings. The number of benzene rings is 1. The minimum Gasteiger partial charge on any atom is -0.445 e. The van der Waals surface area contributed by atoms with Crippen LogP contribution < -0.4 is 0 Å². The summed E-state index contributed by atoms with van der Waals surface area (Å²) in [5.41, 5.74) is 0.853. The summed E-state index contributed by atoms with van der Waals surface area (Å²) in [6.07, 6.45) is 4.10. The molecular weight excluding hydrogens is 351 g/mol. The minimum atomic E-state index is -0.253. The first-order valence-corrected chi connectivity index (χ1v) is 9.59. The molecule has 0 radical (unpaired) electrons. The van der Waals surface area contributed by atoms with Crippen LogP contribution in [0.2, 0.25) is 0 Å². The fourth-order valence-electron chi connectivity index (χ4n) is 3.36. The Labute approximate surface area is 155 Å². The Balaban J connectivity index is 1.44. The van der Waals surface area contributed by atoms with E-state index in [2.05, 4.69) is 4.98 Å². The molecule has 0 spiro atoms. The number of hydrogen-bond acceptors (Lipinski definition) is 4. The molecule has 0 unspecified atom stereocenters. The second kappa shape index (κ2) is 7.41. The fourth-order valence-corrected chi connectivity index (χ4v) is 4.05. The normalized spacial score (nSPS) is 17.4. The van der Waals surface area contributed by atoms with Gasteiger partial charge in [-0.25, -0.2) is 9.37 Å². The van der Waals surface area contributed by atoms with E-state index in [9.17, 15) is 9.18 Å². The number of nitrogens with zero attached hydrogens (tertiary/aromatic N) is 2. The van der Waals surface area contributed by atoms with Gasteiger partial charge in [0.2, 0.25) is 0 Å². The highest BCUT2D eigenvalue weighted by Crippen LogP contribution is 2.28. The molecule has 0 bridgehead atoms. The molecule has 134 valence electrons. The summed E-state index contributed by atoms with van der Waals surface area (Å²) in [5.74, 6) is 1.31. The molecule has 3 aromatic rings. The Morgan fingerprint density at radius 1 is 1.35 bits per heavy atom. The molecule has 4 rings (SSSR count). The Hall–Kier alpha value is -2.47. The van der Waals surface area contributed by atoms with Crippen LogP contribution >= 0.6 is 11.3 Å². The molecule has 1 saturated heterocycles. The van der Waals surface area contributed by atoms with Crippen molar-refractivity contribution < 1.29 is 13.6 Å². The Morgan fingerprint density at radius 2 is 2.27 bits per heavy atom. The molecule has 1 aromatic carbocycles. The standard InChI is InChI=1S/C20H19FN2O2S/c21-16-6-1-4-14(10-16)11-17-12-22-19(25-17)15-5-2-8-23(13-15)20(24)18-7-3-9-26-18/h1,3-4,6-7,9-10,12,15H,2,5,8,11,13H2/t15-/m0/s1. The Bertz CT molecular complexity index is 891. The number of amides is 1. The number of oxazole rings is 1. The molecule has 1 aliphatic heterocycles. The zero-order chi connectivity index (χ0) is 17.9. The second-order valence-electron chi connectivity index (χ2n) is 6.54. The third kappa shape index (κ3) is 3.70. The van der Waals surface area contributed by atoms with Gasteiger partial charge >= 0.3 is 0 Å². The van der Waals surface area contributed by atoms with E-state index in [0.717, 1.165) is 29.8 Å². The largest absolute Gasteiger partial charge is 0.445 e. The number of rotatable bonds is 4. The van der Waals surface area contributed by atoms with Gasteiger partial charge in [0.15, 0.2) is 5.89 Å². The van der Waals surface area contributed by atoms with Gasteiger partial charge in [0, 0.05) is 19.5 Å². The molecule has 0 saturated carbocycles. The number of piperidine rings is 1. The highest BCUT2D eigenvalue weighted by Gasteiger charge is 2.28. The van der Waals surface area contributed by atoms with Gasteiger partial charge in [0.25, 0.3) is 5.91 Å². The van der Waals surface area contributed by atoms with Gasteiger partial charge in [-0.15, -0.1) is 11.3 Å². The van der Waals surface area contributed by atoms with Crippen molar-refractivity contribution in [2.45, 2.75) is 25.2 Å². The van der Waals surface area contributed by atoms with Crippen LogP contribution in [0.25, 0.3) is 0 Å². The van der Waals surface area contributed by atoms with E-state index in [1.165, 1.54) is 23.5 Å². The van der Waals surface area contributed by atoms with Crippen LogP contribution in [0.15, 0.2) is 52.4 Å². The summed E-state index contributed by atoms with van der Waals surface area (Å²) in [6, 6.07) is 10.2. The van der Waals surface area contributed by atoms with Crippen LogP contribution in [0.1, 0.15) is 45.6 Å². The maximum absolute atomic E-state index is 13.3. The lowest BCUT2D eigenvalue weighted by Gasteiger charge is -2.31. The van der Waals surface area contributed by atoms with Crippen LogP contribution in [-0.2, 0) is 6.42 Å². The van der Waals surface area contributed by atoms with E-state index in [4.69, 9.17) is 4.42 Å². The van der Waals surface area contributed by atoms with Crippen molar-refractivity contribution in [1.82, 2.24) is 9.88 Å². The third-order valence-corrected chi connectivity index (χ3v) is 5.49. The van der Waals surface area contributed by atoms with E-state index < -0.39 is 0 Å². The van der Waals surface area contributed by atoms with E-state index in [1.54, 1.807) is 12.3 Å². The highest BCUT2D eigenvalue weighted by atomic mass is 32.1. The summed E-state index contributed by atoms with van der Waals surface area (Å²) >= 11 is 1.47. The maximum atomic E-state index is 13.3. The molecule has 3 heterocycles. The molecule has 26 heavy (non-hydrogen) atoms. The number of aromatic nitrogens is 1. The Kier molecular flexibility index (Phi) is 4.84. The monoisotopic (exact) mass is 370 g/mol. The van der Waals surface area contributed by atoms with Gasteiger partial charge in [-0.3, -0.25) is 4.79 Å². The lowest BCUT2D eigenvalue weighted by atomic mass is 9.98. The first-order valence-electron chi connectivity index (χ1n) is 8.71. The molecule has 1 aliphatic rings. The molecule has 1 atom stereocenters. The van der Waals surface area contributed by atoms with Crippen molar-refractivity contribution in [3.8, 4) is 0 Å². The van der Waals surface area contributed by atoms with Gasteiger partial charge < -0.3 is 9.32 Å². The third-order valence-electron chi connectivity index (χ3n) is 4.63. The summed E-state index contributed by atoms with van der Waals surface area (Å²) in [4.78, 5) is 19.6. The predicted molar refractivity (Wildman–Crippen MR) is 97.9 cm³/mol. The van der Waals surface area contributed by atoms with Crippen LogP contribution in [0, 0.1) is 5.82 Å². The molecule has 1 amide bonds. The number of halogens is 1. The van der Waals surface area contributed by atoms with Crippen molar-refractivity contribution in [1.29, 1.82) is 0 Å². The van der Waals surface area contributed by atoms with Crippen molar-refractivity contribution in [3.05, 3.63) is 75.9 Å². The zero-order valence-electron chi connectivity index (χ0n) is 14.2. The number of carbonyl (C=O) groups excluding carboxylic acids is 1. The van der Waals surface area contributed by atoms with Gasteiger partial charge in [0.05, 0.1) is 17.0 Å². The fraction of sp³-hybridized carbons (Fsp3) is 0.300. The van der Waals surface area contributed by atoms with Gasteiger partial charge in [-0.05, 0) is 42.0 Å². The molecule has 4 nitrogen and oxygen atoms in total. The van der Waals surface area contributed by atoms with Crippen molar-refractivity contribution in [2.75, 3.05) is 13.1 Å². The zero-order valence-corrected chi connectivity index (χ0v) is 15.0. The predicted octanol–water partition coefficient (Wildman–Crippen LogP) is 4.49. The first-order chi connectivity index (χ1) is 12.7. The van der Waals surface area contributed by atoms with Crippen LogP contribution in [0.3, 0.4) is 0 Å². The quantitative estimate of drug-likeness (QED) is 0.680. The van der Waals surface area contributed by atoms with Crippen LogP contribution in [-0.4, -0.2) is 28.9 Å². The number of carbonyl (C=O) groups is 1. The van der Waals surface area contributed by atoms with Gasteiger partial charge in [0.1, 0.15) is 11.6 Å². The summed E-state index contributed by atoms with van der Waals surface area (Å²) in [5, 5.41) is 1.92. The topological polar surface area (TPSA) is 46.3 Å². The SMILES string of the molecule is O=C(c1cccs1)N1CCC[C@H](c2ncc(Cc3cccc(F)c3)o2)C1. The molecule has 6 heteroatoms. The summed E-state index contributed by atoms with van der Waals surface area (Å²) < 4.78 is 19.2. The molecule has 2 aromatic heterocycles. The van der Waals surface area contributed by atoms with E-state index in [1.807, 2.05) is 28.5 Å². The summed E-state index contributed by atoms with van der Waals surface area (Å²) in [7, 11) is 0. The van der Waals surface area contributed by atoms with E-state index in [0.29, 0.717) is 24.6 Å². The smallest absolute Gasteiger partial charge is 0.263 e. The van der Waals surface area contributed by atoms with Gasteiger partial charge in [-0.1, -0.05) is 18.2 Å².